The van der Waals surface area contributed by atoms with Crippen molar-refractivity contribution in [2.75, 3.05) is 27.2 Å². The van der Waals surface area contributed by atoms with E-state index in [2.05, 4.69) is 43.1 Å². The highest BCUT2D eigenvalue weighted by atomic mass is 16.7. The Morgan fingerprint density at radius 1 is 0.511 bits per heavy atom. The van der Waals surface area contributed by atoms with Crippen molar-refractivity contribution in [3.8, 4) is 0 Å². The summed E-state index contributed by atoms with van der Waals surface area (Å²) in [4.78, 5) is 14.5. The molecule has 0 fully saturated rings. The maximum Gasteiger partial charge on any atom is 0.508 e. The molecule has 0 aromatic rings. The minimum atomic E-state index is -0.473. The highest BCUT2D eigenvalue weighted by Gasteiger charge is 2.15. The smallest absolute Gasteiger partial charge is 0.434 e. The second-order valence-corrected chi connectivity index (χ2v) is 13.7. The van der Waals surface area contributed by atoms with Gasteiger partial charge in [-0.15, -0.1) is 0 Å². The Bertz CT molecular complexity index is 605. The molecule has 0 aliphatic carbocycles. The van der Waals surface area contributed by atoms with E-state index in [1.807, 2.05) is 14.1 Å². The quantitative estimate of drug-likeness (QED) is 0.0395. The predicted molar refractivity (Wildman–Crippen MR) is 198 cm³/mol. The maximum atomic E-state index is 12.3. The summed E-state index contributed by atoms with van der Waals surface area (Å²) in [5.74, 6) is 0. The van der Waals surface area contributed by atoms with Gasteiger partial charge < -0.3 is 14.4 Å². The monoisotopic (exact) mass is 634 g/mol. The molecule has 0 atom stereocenters. The lowest BCUT2D eigenvalue weighted by molar-refractivity contribution is 0.0150. The largest absolute Gasteiger partial charge is 0.508 e. The molecule has 0 aromatic heterocycles. The SMILES string of the molecule is CCCCCCCC/C=C\CCCCCCCC(CCCCCCC/C=C\CCCCCCCC)OC(=O)OCCCN(C)C. The highest BCUT2D eigenvalue weighted by Crippen LogP contribution is 2.18. The molecule has 0 aliphatic heterocycles. The summed E-state index contributed by atoms with van der Waals surface area (Å²) in [7, 11) is 4.08. The lowest BCUT2D eigenvalue weighted by atomic mass is 10.0. The van der Waals surface area contributed by atoms with E-state index in [1.165, 1.54) is 154 Å². The van der Waals surface area contributed by atoms with Crippen molar-refractivity contribution in [1.29, 1.82) is 0 Å². The number of nitrogens with zero attached hydrogens (tertiary/aromatic N) is 1. The molecule has 4 nitrogen and oxygen atoms in total. The normalized spacial score (nSPS) is 12.0. The molecule has 0 spiro atoms. The fourth-order valence-electron chi connectivity index (χ4n) is 5.85. The topological polar surface area (TPSA) is 38.8 Å². The first-order valence-corrected chi connectivity index (χ1v) is 19.9. The molecule has 266 valence electrons. The zero-order valence-electron chi connectivity index (χ0n) is 31.0. The predicted octanol–water partition coefficient (Wildman–Crippen LogP) is 13.5. The second-order valence-electron chi connectivity index (χ2n) is 13.7. The van der Waals surface area contributed by atoms with Crippen LogP contribution in [-0.2, 0) is 9.47 Å². The molecule has 0 N–H and O–H groups in total. The van der Waals surface area contributed by atoms with Gasteiger partial charge in [-0.2, -0.15) is 0 Å². The van der Waals surface area contributed by atoms with Gasteiger partial charge in [0.25, 0.3) is 0 Å². The van der Waals surface area contributed by atoms with Crippen LogP contribution in [0, 0.1) is 0 Å². The minimum absolute atomic E-state index is 0.00107. The third-order valence-electron chi connectivity index (χ3n) is 8.81. The fraction of sp³-hybridized carbons (Fsp3) is 0.878. The maximum absolute atomic E-state index is 12.3. The van der Waals surface area contributed by atoms with Crippen molar-refractivity contribution in [3.05, 3.63) is 24.3 Å². The Balaban J connectivity index is 4.02. The summed E-state index contributed by atoms with van der Waals surface area (Å²) in [5, 5.41) is 0. The Labute approximate surface area is 282 Å². The van der Waals surface area contributed by atoms with Crippen LogP contribution in [0.5, 0.6) is 0 Å². The Hall–Kier alpha value is -1.29. The molecule has 0 radical (unpaired) electrons. The number of hydrogen-bond acceptors (Lipinski definition) is 4. The molecule has 0 saturated heterocycles. The summed E-state index contributed by atoms with van der Waals surface area (Å²) in [6.45, 7) is 5.91. The first kappa shape index (κ1) is 43.7. The number of carbonyl (C=O) groups is 1. The van der Waals surface area contributed by atoms with Crippen molar-refractivity contribution in [3.63, 3.8) is 0 Å². The van der Waals surface area contributed by atoms with E-state index in [9.17, 15) is 4.79 Å². The molecule has 4 heteroatoms. The number of ether oxygens (including phenoxy) is 2. The van der Waals surface area contributed by atoms with Crippen LogP contribution >= 0.6 is 0 Å². The van der Waals surface area contributed by atoms with E-state index in [0.29, 0.717) is 6.61 Å². The Morgan fingerprint density at radius 3 is 1.24 bits per heavy atom. The van der Waals surface area contributed by atoms with E-state index >= 15 is 0 Å². The average Bonchev–Trinajstić information content (AvgIpc) is 3.02. The van der Waals surface area contributed by atoms with Crippen LogP contribution in [0.15, 0.2) is 24.3 Å². The minimum Gasteiger partial charge on any atom is -0.434 e. The number of carbonyl (C=O) groups excluding carboxylic acids is 1. The lowest BCUT2D eigenvalue weighted by Crippen LogP contribution is -2.21. The lowest BCUT2D eigenvalue weighted by Gasteiger charge is -2.18. The van der Waals surface area contributed by atoms with Crippen LogP contribution in [0.2, 0.25) is 0 Å². The van der Waals surface area contributed by atoms with Gasteiger partial charge in [-0.3, -0.25) is 0 Å². The van der Waals surface area contributed by atoms with Crippen LogP contribution in [0.3, 0.4) is 0 Å². The van der Waals surface area contributed by atoms with E-state index in [-0.39, 0.29) is 6.10 Å². The second kappa shape index (κ2) is 37.2. The molecule has 0 rings (SSSR count). The first-order valence-electron chi connectivity index (χ1n) is 19.9. The third kappa shape index (κ3) is 37.0. The summed E-state index contributed by atoms with van der Waals surface area (Å²) in [5.41, 5.74) is 0. The fourth-order valence-corrected chi connectivity index (χ4v) is 5.85. The molecule has 0 aliphatic rings. The molecule has 0 unspecified atom stereocenters. The summed E-state index contributed by atoms with van der Waals surface area (Å²) >= 11 is 0. The summed E-state index contributed by atoms with van der Waals surface area (Å²) < 4.78 is 11.2. The Kier molecular flexibility index (Phi) is 36.1. The molecular weight excluding hydrogens is 554 g/mol. The third-order valence-corrected chi connectivity index (χ3v) is 8.81. The zero-order valence-corrected chi connectivity index (χ0v) is 31.0. The molecule has 0 bridgehead atoms. The van der Waals surface area contributed by atoms with E-state index in [4.69, 9.17) is 9.47 Å². The van der Waals surface area contributed by atoms with Crippen LogP contribution < -0.4 is 0 Å². The van der Waals surface area contributed by atoms with Gasteiger partial charge in [0.1, 0.15) is 6.10 Å². The van der Waals surface area contributed by atoms with Crippen LogP contribution in [0.4, 0.5) is 4.79 Å². The first-order chi connectivity index (χ1) is 22.1. The van der Waals surface area contributed by atoms with Gasteiger partial charge in [-0.1, -0.05) is 141 Å². The van der Waals surface area contributed by atoms with E-state index < -0.39 is 6.16 Å². The number of hydrogen-bond donors (Lipinski definition) is 0. The van der Waals surface area contributed by atoms with E-state index in [1.54, 1.807) is 0 Å². The summed E-state index contributed by atoms with van der Waals surface area (Å²) in [6.07, 6.45) is 45.9. The van der Waals surface area contributed by atoms with Gasteiger partial charge in [0.2, 0.25) is 0 Å². The molecular formula is C41H79NO3. The van der Waals surface area contributed by atoms with Crippen LogP contribution in [-0.4, -0.2) is 44.4 Å². The molecule has 0 aromatic carbocycles. The van der Waals surface area contributed by atoms with Gasteiger partial charge in [0.05, 0.1) is 6.61 Å². The van der Waals surface area contributed by atoms with Crippen molar-refractivity contribution >= 4 is 6.16 Å². The van der Waals surface area contributed by atoms with Crippen LogP contribution in [0.1, 0.15) is 200 Å². The number of rotatable bonds is 35. The van der Waals surface area contributed by atoms with Gasteiger partial charge in [-0.25, -0.2) is 4.79 Å². The van der Waals surface area contributed by atoms with Gasteiger partial charge in [-0.05, 0) is 97.6 Å². The van der Waals surface area contributed by atoms with Crippen molar-refractivity contribution in [2.45, 2.75) is 206 Å². The van der Waals surface area contributed by atoms with Crippen molar-refractivity contribution in [2.24, 2.45) is 0 Å². The highest BCUT2D eigenvalue weighted by molar-refractivity contribution is 5.60. The standard InChI is InChI=1S/C41H79NO3/c1-5-7-9-11-13-15-17-19-21-23-25-27-29-31-33-36-40(45-41(43)44-39-35-38-42(3)4)37-34-32-30-28-26-24-22-20-18-16-14-12-10-8-6-2/h19-22,40H,5-18,23-39H2,1-4H3/b21-19-,22-20-. The molecule has 0 heterocycles. The van der Waals surface area contributed by atoms with E-state index in [0.717, 1.165) is 38.6 Å². The molecule has 45 heavy (non-hydrogen) atoms. The average molecular weight is 634 g/mol. The van der Waals surface area contributed by atoms with Gasteiger partial charge in [0.15, 0.2) is 0 Å². The molecule has 0 amide bonds. The van der Waals surface area contributed by atoms with Crippen molar-refractivity contribution in [1.82, 2.24) is 4.90 Å². The van der Waals surface area contributed by atoms with Crippen LogP contribution in [0.25, 0.3) is 0 Å². The Morgan fingerprint density at radius 2 is 0.867 bits per heavy atom. The number of unbranched alkanes of at least 4 members (excludes halogenated alkanes) is 22. The van der Waals surface area contributed by atoms with Gasteiger partial charge in [0, 0.05) is 6.54 Å². The van der Waals surface area contributed by atoms with Crippen molar-refractivity contribution < 1.29 is 14.3 Å². The summed E-state index contributed by atoms with van der Waals surface area (Å²) in [6, 6.07) is 0. The number of allylic oxidation sites excluding steroid dienone is 4. The molecule has 0 saturated carbocycles. The zero-order chi connectivity index (χ0) is 32.9. The van der Waals surface area contributed by atoms with Gasteiger partial charge >= 0.3 is 6.16 Å².